The molecule has 0 aliphatic heterocycles. The fourth-order valence-corrected chi connectivity index (χ4v) is 6.36. The Bertz CT molecular complexity index is 2150. The Morgan fingerprint density at radius 2 is 1.00 bits per heavy atom. The van der Waals surface area contributed by atoms with Crippen LogP contribution in [0.4, 0.5) is 0 Å². The lowest BCUT2D eigenvalue weighted by Crippen LogP contribution is -2.15. The van der Waals surface area contributed by atoms with Crippen LogP contribution in [0, 0.1) is 0 Å². The lowest BCUT2D eigenvalue weighted by molar-refractivity contribution is 0.661. The molecule has 0 atom stereocenters. The second-order valence-corrected chi connectivity index (χ2v) is 11.7. The van der Waals surface area contributed by atoms with Crippen LogP contribution in [0.2, 0.25) is 0 Å². The number of nitrogens with zero attached hydrogens (tertiary/aromatic N) is 3. The standard InChI is InChI=1S/C40H29N3/c1-40(2)33-23-29(26-11-5-3-6-12-26)17-20-31(33)32-21-18-30(24-34(32)40)38-25-37(27-13-7-4-8-14-27)42-39(43-38)36-22-19-28-15-9-10-16-35(28)41-36/h3-25H,1-2H3. The Morgan fingerprint density at radius 3 is 1.72 bits per heavy atom. The van der Waals surface area contributed by atoms with Gasteiger partial charge in [-0.25, -0.2) is 15.0 Å². The van der Waals surface area contributed by atoms with Crippen molar-refractivity contribution in [2.75, 3.05) is 0 Å². The number of hydrogen-bond acceptors (Lipinski definition) is 3. The third-order valence-corrected chi connectivity index (χ3v) is 8.70. The highest BCUT2D eigenvalue weighted by molar-refractivity contribution is 5.86. The number of rotatable bonds is 4. The van der Waals surface area contributed by atoms with Gasteiger partial charge < -0.3 is 0 Å². The molecule has 2 aromatic heterocycles. The Labute approximate surface area is 251 Å². The van der Waals surface area contributed by atoms with Crippen LogP contribution in [-0.2, 0) is 5.41 Å². The molecule has 3 nitrogen and oxygen atoms in total. The molecule has 0 saturated carbocycles. The van der Waals surface area contributed by atoms with Gasteiger partial charge in [0.15, 0.2) is 5.82 Å². The van der Waals surface area contributed by atoms with Crippen molar-refractivity contribution in [2.45, 2.75) is 19.3 Å². The first-order valence-electron chi connectivity index (χ1n) is 14.7. The summed E-state index contributed by atoms with van der Waals surface area (Å²) in [6.45, 7) is 4.66. The van der Waals surface area contributed by atoms with Crippen LogP contribution in [0.3, 0.4) is 0 Å². The SMILES string of the molecule is CC1(C)c2cc(-c3ccccc3)ccc2-c2ccc(-c3cc(-c4ccccc4)nc(-c4ccc5ccccc5n4)n3)cc21. The van der Waals surface area contributed by atoms with Gasteiger partial charge in [-0.2, -0.15) is 0 Å². The number of aromatic nitrogens is 3. The van der Waals surface area contributed by atoms with Gasteiger partial charge in [-0.15, -0.1) is 0 Å². The molecule has 0 radical (unpaired) electrons. The topological polar surface area (TPSA) is 38.7 Å². The number of fused-ring (bicyclic) bond motifs is 4. The molecule has 0 unspecified atom stereocenters. The first-order valence-corrected chi connectivity index (χ1v) is 14.7. The summed E-state index contributed by atoms with van der Waals surface area (Å²) in [6, 6.07) is 49.0. The van der Waals surface area contributed by atoms with E-state index >= 15 is 0 Å². The summed E-state index contributed by atoms with van der Waals surface area (Å²) in [5, 5.41) is 1.10. The maximum Gasteiger partial charge on any atom is 0.179 e. The summed E-state index contributed by atoms with van der Waals surface area (Å²) in [7, 11) is 0. The number of benzene rings is 5. The van der Waals surface area contributed by atoms with Crippen molar-refractivity contribution < 1.29 is 0 Å². The van der Waals surface area contributed by atoms with Crippen LogP contribution in [0.5, 0.6) is 0 Å². The Hall–Kier alpha value is -5.41. The van der Waals surface area contributed by atoms with Crippen LogP contribution < -0.4 is 0 Å². The predicted octanol–water partition coefficient (Wildman–Crippen LogP) is 10.00. The molecule has 8 rings (SSSR count). The molecular formula is C40H29N3. The van der Waals surface area contributed by atoms with E-state index < -0.39 is 0 Å². The minimum Gasteiger partial charge on any atom is -0.244 e. The average Bonchev–Trinajstić information content (AvgIpc) is 3.30. The van der Waals surface area contributed by atoms with Crippen LogP contribution in [0.1, 0.15) is 25.0 Å². The van der Waals surface area contributed by atoms with E-state index in [0.29, 0.717) is 5.82 Å². The number of pyridine rings is 1. The molecule has 204 valence electrons. The molecule has 43 heavy (non-hydrogen) atoms. The average molecular weight is 552 g/mol. The maximum absolute atomic E-state index is 5.11. The van der Waals surface area contributed by atoms with Gasteiger partial charge in [0.25, 0.3) is 0 Å². The van der Waals surface area contributed by atoms with Crippen LogP contribution in [0.15, 0.2) is 140 Å². The van der Waals surface area contributed by atoms with Crippen molar-refractivity contribution in [1.82, 2.24) is 15.0 Å². The van der Waals surface area contributed by atoms with Gasteiger partial charge in [-0.05, 0) is 63.7 Å². The Morgan fingerprint density at radius 1 is 0.419 bits per heavy atom. The first-order chi connectivity index (χ1) is 21.0. The third kappa shape index (κ3) is 4.33. The summed E-state index contributed by atoms with van der Waals surface area (Å²) in [4.78, 5) is 15.0. The Kier molecular flexibility index (Phi) is 5.80. The fourth-order valence-electron chi connectivity index (χ4n) is 6.36. The zero-order chi connectivity index (χ0) is 29.0. The molecule has 0 fully saturated rings. The van der Waals surface area contributed by atoms with E-state index in [-0.39, 0.29) is 5.41 Å². The quantitative estimate of drug-likeness (QED) is 0.218. The maximum atomic E-state index is 5.11. The summed E-state index contributed by atoms with van der Waals surface area (Å²) in [5.74, 6) is 0.623. The summed E-state index contributed by atoms with van der Waals surface area (Å²) in [6.07, 6.45) is 0. The van der Waals surface area contributed by atoms with Crippen molar-refractivity contribution in [3.8, 4) is 56.3 Å². The molecule has 1 aliphatic carbocycles. The van der Waals surface area contributed by atoms with Crippen molar-refractivity contribution in [1.29, 1.82) is 0 Å². The second-order valence-electron chi connectivity index (χ2n) is 11.7. The minimum atomic E-state index is -0.149. The van der Waals surface area contributed by atoms with E-state index in [2.05, 4.69) is 111 Å². The fraction of sp³-hybridized carbons (Fsp3) is 0.0750. The predicted molar refractivity (Wildman–Crippen MR) is 177 cm³/mol. The first kappa shape index (κ1) is 25.3. The lowest BCUT2D eigenvalue weighted by Gasteiger charge is -2.22. The van der Waals surface area contributed by atoms with Gasteiger partial charge in [0.05, 0.1) is 16.9 Å². The van der Waals surface area contributed by atoms with Crippen LogP contribution in [-0.4, -0.2) is 15.0 Å². The van der Waals surface area contributed by atoms with Gasteiger partial charge in [0.1, 0.15) is 5.69 Å². The van der Waals surface area contributed by atoms with Gasteiger partial charge in [0.2, 0.25) is 0 Å². The Balaban J connectivity index is 1.26. The molecule has 0 bridgehead atoms. The normalized spacial score (nSPS) is 13.1. The summed E-state index contributed by atoms with van der Waals surface area (Å²) in [5.41, 5.74) is 13.2. The van der Waals surface area contributed by atoms with E-state index in [1.54, 1.807) is 0 Å². The highest BCUT2D eigenvalue weighted by Gasteiger charge is 2.36. The number of hydrogen-bond donors (Lipinski definition) is 0. The molecule has 7 aromatic rings. The highest BCUT2D eigenvalue weighted by Crippen LogP contribution is 2.50. The third-order valence-electron chi connectivity index (χ3n) is 8.70. The molecule has 0 N–H and O–H groups in total. The van der Waals surface area contributed by atoms with E-state index in [1.807, 2.05) is 42.5 Å². The minimum absolute atomic E-state index is 0.149. The molecule has 0 saturated heterocycles. The van der Waals surface area contributed by atoms with Crippen molar-refractivity contribution in [3.05, 3.63) is 151 Å². The van der Waals surface area contributed by atoms with Gasteiger partial charge in [-0.1, -0.05) is 123 Å². The largest absolute Gasteiger partial charge is 0.244 e. The van der Waals surface area contributed by atoms with E-state index in [9.17, 15) is 0 Å². The summed E-state index contributed by atoms with van der Waals surface area (Å²) >= 11 is 0. The molecule has 0 amide bonds. The second kappa shape index (κ2) is 9.85. The van der Waals surface area contributed by atoms with Crippen LogP contribution >= 0.6 is 0 Å². The van der Waals surface area contributed by atoms with E-state index in [4.69, 9.17) is 15.0 Å². The zero-order valence-corrected chi connectivity index (χ0v) is 24.1. The molecule has 1 aliphatic rings. The van der Waals surface area contributed by atoms with Gasteiger partial charge in [0, 0.05) is 21.9 Å². The van der Waals surface area contributed by atoms with Crippen LogP contribution in [0.25, 0.3) is 67.2 Å². The van der Waals surface area contributed by atoms with E-state index in [1.165, 1.54) is 33.4 Å². The van der Waals surface area contributed by atoms with Crippen molar-refractivity contribution >= 4 is 10.9 Å². The van der Waals surface area contributed by atoms with Gasteiger partial charge >= 0.3 is 0 Å². The molecule has 5 aromatic carbocycles. The molecule has 3 heteroatoms. The smallest absolute Gasteiger partial charge is 0.179 e. The van der Waals surface area contributed by atoms with Gasteiger partial charge in [-0.3, -0.25) is 0 Å². The molecule has 0 spiro atoms. The van der Waals surface area contributed by atoms with Crippen molar-refractivity contribution in [2.24, 2.45) is 0 Å². The molecule has 2 heterocycles. The van der Waals surface area contributed by atoms with E-state index in [0.717, 1.165) is 39.1 Å². The summed E-state index contributed by atoms with van der Waals surface area (Å²) < 4.78 is 0. The number of para-hydroxylation sites is 1. The highest BCUT2D eigenvalue weighted by atomic mass is 14.9. The zero-order valence-electron chi connectivity index (χ0n) is 24.1. The lowest BCUT2D eigenvalue weighted by atomic mass is 9.81. The molecular weight excluding hydrogens is 522 g/mol. The monoisotopic (exact) mass is 551 g/mol. The van der Waals surface area contributed by atoms with Crippen molar-refractivity contribution in [3.63, 3.8) is 0 Å².